The maximum Gasteiger partial charge on any atom is 1.00 e. The van der Waals surface area contributed by atoms with Crippen LogP contribution in [0.4, 0.5) is 0 Å². The van der Waals surface area contributed by atoms with Crippen molar-refractivity contribution in [3.05, 3.63) is 108 Å². The first-order valence-corrected chi connectivity index (χ1v) is 9.42. The van der Waals surface area contributed by atoms with E-state index in [0.717, 1.165) is 16.7 Å². The van der Waals surface area contributed by atoms with E-state index in [-0.39, 0.29) is 29.6 Å². The van der Waals surface area contributed by atoms with Gasteiger partial charge in [-0.25, -0.2) is 0 Å². The molecule has 0 radical (unpaired) electrons. The van der Waals surface area contributed by atoms with E-state index in [4.69, 9.17) is 5.73 Å². The molecule has 27 heavy (non-hydrogen) atoms. The van der Waals surface area contributed by atoms with Crippen molar-refractivity contribution < 1.29 is 39.5 Å². The van der Waals surface area contributed by atoms with Gasteiger partial charge >= 0.3 is 35.5 Å². The van der Waals surface area contributed by atoms with Crippen LogP contribution in [0.3, 0.4) is 0 Å². The first-order valence-electron chi connectivity index (χ1n) is 8.43. The summed E-state index contributed by atoms with van der Waals surface area (Å²) in [6, 6.07) is 29.6. The number of hydrogen-bond acceptors (Lipinski definition) is 3. The summed E-state index contributed by atoms with van der Waals surface area (Å²) in [6.07, 6.45) is 0. The predicted octanol–water partition coefficient (Wildman–Crippen LogP) is 1.13. The molecular formula is C22H21NNaO2S+. The van der Waals surface area contributed by atoms with Crippen LogP contribution in [0, 0.1) is 0 Å². The molecule has 0 amide bonds. The Morgan fingerprint density at radius 2 is 1.15 bits per heavy atom. The van der Waals surface area contributed by atoms with Gasteiger partial charge in [-0.3, -0.25) is 4.79 Å². The van der Waals surface area contributed by atoms with E-state index in [0.29, 0.717) is 5.75 Å². The van der Waals surface area contributed by atoms with Crippen LogP contribution in [0.15, 0.2) is 91.0 Å². The number of aliphatic carboxylic acids is 1. The van der Waals surface area contributed by atoms with Crippen LogP contribution in [0.1, 0.15) is 16.7 Å². The average molecular weight is 386 g/mol. The van der Waals surface area contributed by atoms with Crippen LogP contribution >= 0.6 is 11.8 Å². The number of carboxylic acids is 1. The van der Waals surface area contributed by atoms with Gasteiger partial charge in [0.25, 0.3) is 0 Å². The maximum atomic E-state index is 11.3. The third-order valence-electron chi connectivity index (χ3n) is 4.34. The molecule has 0 spiro atoms. The van der Waals surface area contributed by atoms with Crippen LogP contribution in [-0.2, 0) is 9.54 Å². The Morgan fingerprint density at radius 3 is 1.44 bits per heavy atom. The van der Waals surface area contributed by atoms with Gasteiger partial charge in [-0.05, 0) is 16.7 Å². The molecule has 0 aromatic heterocycles. The van der Waals surface area contributed by atoms with Crippen LogP contribution in [0.25, 0.3) is 0 Å². The summed E-state index contributed by atoms with van der Waals surface area (Å²) in [5, 5.41) is 9.25. The number of benzene rings is 3. The monoisotopic (exact) mass is 386 g/mol. The van der Waals surface area contributed by atoms with Gasteiger partial charge < -0.3 is 10.8 Å². The standard InChI is InChI=1S/C22H21NO2S.Na/c23-20(21(24)25)16-26-22(17-10-4-1-5-11-17,18-12-6-2-7-13-18)19-14-8-3-9-15-19;/h1-15,20H,16,23H2,(H,24,25);/q;+1. The fraction of sp³-hybridized carbons (Fsp3) is 0.136. The van der Waals surface area contributed by atoms with Crippen LogP contribution in [0.2, 0.25) is 0 Å². The number of hydrogen-bond donors (Lipinski definition) is 2. The second-order valence-electron chi connectivity index (χ2n) is 6.03. The Balaban J connectivity index is 0.00000261. The molecule has 3 nitrogen and oxygen atoms in total. The average Bonchev–Trinajstić information content (AvgIpc) is 2.70. The second-order valence-corrected chi connectivity index (χ2v) is 7.27. The van der Waals surface area contributed by atoms with E-state index < -0.39 is 16.8 Å². The smallest absolute Gasteiger partial charge is 0.480 e. The molecule has 0 fully saturated rings. The van der Waals surface area contributed by atoms with Gasteiger partial charge in [0.15, 0.2) is 0 Å². The Hall–Kier alpha value is -1.56. The van der Waals surface area contributed by atoms with Gasteiger partial charge in [0.05, 0.1) is 4.75 Å². The minimum atomic E-state index is -0.986. The van der Waals surface area contributed by atoms with E-state index in [9.17, 15) is 9.90 Å². The number of carbonyl (C=O) groups is 1. The fourth-order valence-electron chi connectivity index (χ4n) is 3.05. The van der Waals surface area contributed by atoms with Gasteiger partial charge in [-0.1, -0.05) is 91.0 Å². The van der Waals surface area contributed by atoms with Crippen LogP contribution in [0.5, 0.6) is 0 Å². The molecule has 1 unspecified atom stereocenters. The normalized spacial score (nSPS) is 12.0. The Labute approximate surface area is 186 Å². The molecule has 0 aliphatic carbocycles. The van der Waals surface area contributed by atoms with Crippen molar-refractivity contribution in [3.8, 4) is 0 Å². The van der Waals surface area contributed by atoms with E-state index in [1.54, 1.807) is 11.8 Å². The number of rotatable bonds is 7. The van der Waals surface area contributed by atoms with Crippen LogP contribution < -0.4 is 35.3 Å². The molecule has 132 valence electrons. The van der Waals surface area contributed by atoms with Gasteiger partial charge in [0.2, 0.25) is 0 Å². The maximum absolute atomic E-state index is 11.3. The van der Waals surface area contributed by atoms with Crippen LogP contribution in [-0.4, -0.2) is 22.9 Å². The largest absolute Gasteiger partial charge is 1.00 e. The van der Waals surface area contributed by atoms with Crippen molar-refractivity contribution in [1.29, 1.82) is 0 Å². The quantitative estimate of drug-likeness (QED) is 0.472. The Bertz CT molecular complexity index is 747. The molecule has 3 N–H and O–H groups in total. The molecule has 1 atom stereocenters. The molecule has 0 aliphatic rings. The van der Waals surface area contributed by atoms with E-state index in [1.807, 2.05) is 54.6 Å². The molecule has 0 saturated carbocycles. The van der Waals surface area contributed by atoms with Gasteiger partial charge in [0.1, 0.15) is 6.04 Å². The zero-order valence-electron chi connectivity index (χ0n) is 15.3. The minimum Gasteiger partial charge on any atom is -0.480 e. The second kappa shape index (κ2) is 10.1. The zero-order chi connectivity index (χ0) is 18.4. The summed E-state index contributed by atoms with van der Waals surface area (Å²) in [6.45, 7) is 0. The van der Waals surface area contributed by atoms with Crippen molar-refractivity contribution in [3.63, 3.8) is 0 Å². The summed E-state index contributed by atoms with van der Waals surface area (Å²) >= 11 is 1.56. The van der Waals surface area contributed by atoms with E-state index >= 15 is 0 Å². The van der Waals surface area contributed by atoms with Gasteiger partial charge in [-0.15, -0.1) is 11.8 Å². The van der Waals surface area contributed by atoms with Crippen molar-refractivity contribution >= 4 is 17.7 Å². The molecule has 3 aromatic carbocycles. The summed E-state index contributed by atoms with van der Waals surface area (Å²) in [7, 11) is 0. The van der Waals surface area contributed by atoms with Crippen molar-refractivity contribution in [2.45, 2.75) is 10.8 Å². The van der Waals surface area contributed by atoms with Crippen molar-refractivity contribution in [1.82, 2.24) is 0 Å². The predicted molar refractivity (Wildman–Crippen MR) is 107 cm³/mol. The Kier molecular flexibility index (Phi) is 8.14. The molecule has 0 aliphatic heterocycles. The molecule has 0 saturated heterocycles. The molecule has 5 heteroatoms. The van der Waals surface area contributed by atoms with Gasteiger partial charge in [-0.2, -0.15) is 0 Å². The number of carboxylic acid groups (broad SMARTS) is 1. The summed E-state index contributed by atoms with van der Waals surface area (Å²) in [5.41, 5.74) is 9.13. The number of nitrogens with two attached hydrogens (primary N) is 1. The number of thioether (sulfide) groups is 1. The Morgan fingerprint density at radius 1 is 0.815 bits per heavy atom. The molecule has 3 aromatic rings. The molecular weight excluding hydrogens is 365 g/mol. The summed E-state index contributed by atoms with van der Waals surface area (Å²) in [4.78, 5) is 11.3. The summed E-state index contributed by atoms with van der Waals surface area (Å²) in [5.74, 6) is -0.686. The zero-order valence-corrected chi connectivity index (χ0v) is 18.1. The topological polar surface area (TPSA) is 63.3 Å². The van der Waals surface area contributed by atoms with E-state index in [1.165, 1.54) is 0 Å². The molecule has 0 heterocycles. The molecule has 0 bridgehead atoms. The van der Waals surface area contributed by atoms with Gasteiger partial charge in [0, 0.05) is 5.75 Å². The van der Waals surface area contributed by atoms with Crippen molar-refractivity contribution in [2.24, 2.45) is 5.73 Å². The SMILES string of the molecule is NC(CSC(c1ccccc1)(c1ccccc1)c1ccccc1)C(=O)O.[Na+]. The first kappa shape index (κ1) is 21.7. The minimum absolute atomic E-state index is 0. The third kappa shape index (κ3) is 4.84. The third-order valence-corrected chi connectivity index (χ3v) is 6.00. The first-order chi connectivity index (χ1) is 12.6. The fourth-order valence-corrected chi connectivity index (χ4v) is 4.54. The summed E-state index contributed by atoms with van der Waals surface area (Å²) < 4.78 is -0.531. The van der Waals surface area contributed by atoms with Crippen molar-refractivity contribution in [2.75, 3.05) is 5.75 Å². The van der Waals surface area contributed by atoms with E-state index in [2.05, 4.69) is 36.4 Å². The molecule has 3 rings (SSSR count).